The third-order valence-electron chi connectivity index (χ3n) is 5.91. The summed E-state index contributed by atoms with van der Waals surface area (Å²) in [6, 6.07) is 7.40. The van der Waals surface area contributed by atoms with Gasteiger partial charge in [0.05, 0.1) is 30.1 Å². The first-order valence-electron chi connectivity index (χ1n) is 9.97. The number of aromatic nitrogens is 4. The maximum absolute atomic E-state index is 13.0. The fourth-order valence-electron chi connectivity index (χ4n) is 4.20. The van der Waals surface area contributed by atoms with Crippen LogP contribution in [0.1, 0.15) is 55.7 Å². The Morgan fingerprint density at radius 1 is 1.14 bits per heavy atom. The summed E-state index contributed by atoms with van der Waals surface area (Å²) < 4.78 is 6.24. The van der Waals surface area contributed by atoms with E-state index < -0.39 is 0 Å². The second-order valence-electron chi connectivity index (χ2n) is 7.58. The van der Waals surface area contributed by atoms with Crippen LogP contribution in [0.25, 0.3) is 10.9 Å². The molecule has 1 atom stereocenters. The molecule has 2 aromatic heterocycles. The van der Waals surface area contributed by atoms with Gasteiger partial charge in [-0.3, -0.25) is 9.36 Å². The molecule has 5 rings (SSSR count). The van der Waals surface area contributed by atoms with E-state index in [0.29, 0.717) is 16.8 Å². The molecule has 2 fully saturated rings. The van der Waals surface area contributed by atoms with Gasteiger partial charge in [-0.05, 0) is 37.8 Å². The lowest BCUT2D eigenvalue weighted by Crippen LogP contribution is -2.33. The number of para-hydroxylation sites is 1. The van der Waals surface area contributed by atoms with Crippen LogP contribution in [-0.2, 0) is 6.54 Å². The first-order chi connectivity index (χ1) is 13.8. The summed E-state index contributed by atoms with van der Waals surface area (Å²) in [7, 11) is 0. The Morgan fingerprint density at radius 3 is 2.79 bits per heavy atom. The summed E-state index contributed by atoms with van der Waals surface area (Å²) in [5.41, 5.74) is 0.616. The predicted octanol–water partition coefficient (Wildman–Crippen LogP) is 2.85. The van der Waals surface area contributed by atoms with Gasteiger partial charge in [-0.1, -0.05) is 18.6 Å². The number of aliphatic hydroxyl groups excluding tert-OH is 1. The zero-order valence-electron chi connectivity index (χ0n) is 15.6. The summed E-state index contributed by atoms with van der Waals surface area (Å²) in [6.45, 7) is 1.04. The molecule has 0 spiro atoms. The Labute approximate surface area is 166 Å². The zero-order valence-corrected chi connectivity index (χ0v) is 16.4. The van der Waals surface area contributed by atoms with Crippen molar-refractivity contribution in [3.8, 4) is 0 Å². The van der Waals surface area contributed by atoms with Crippen LogP contribution in [-0.4, -0.2) is 37.2 Å². The van der Waals surface area contributed by atoms with E-state index in [9.17, 15) is 9.90 Å². The molecule has 1 aliphatic heterocycles. The third-order valence-corrected chi connectivity index (χ3v) is 6.68. The number of benzene rings is 1. The fraction of sp³-hybridized carbons (Fsp3) is 0.500. The second kappa shape index (κ2) is 7.25. The van der Waals surface area contributed by atoms with Crippen LogP contribution >= 0.6 is 11.5 Å². The number of hydrogen-bond donors (Lipinski definition) is 1. The molecule has 1 aromatic carbocycles. The first-order valence-corrected chi connectivity index (χ1v) is 10.7. The largest absolute Gasteiger partial charge is 0.395 e. The van der Waals surface area contributed by atoms with Crippen molar-refractivity contribution in [1.29, 1.82) is 0 Å². The SMILES string of the molecule is O=c1c2ccccc2nc(C2CCCN2c2nc(C3CCC3)ns2)n1CCO. The van der Waals surface area contributed by atoms with Crippen molar-refractivity contribution in [2.45, 2.75) is 50.6 Å². The van der Waals surface area contributed by atoms with Gasteiger partial charge in [-0.2, -0.15) is 4.37 Å². The van der Waals surface area contributed by atoms with E-state index in [4.69, 9.17) is 9.97 Å². The highest BCUT2D eigenvalue weighted by molar-refractivity contribution is 7.09. The van der Waals surface area contributed by atoms with Crippen molar-refractivity contribution in [2.24, 2.45) is 0 Å². The standard InChI is InChI=1S/C20H23N5O2S/c26-12-11-25-18(21-15-8-2-1-7-14(15)19(25)27)16-9-4-10-24(16)20-22-17(23-28-20)13-5-3-6-13/h1-2,7-8,13,16,26H,3-6,9-12H2. The number of hydrogen-bond acceptors (Lipinski definition) is 7. The minimum absolute atomic E-state index is 0.0222. The average molecular weight is 398 g/mol. The minimum atomic E-state index is -0.0930. The maximum atomic E-state index is 13.0. The normalized spacial score (nSPS) is 20.0. The zero-order chi connectivity index (χ0) is 19.1. The molecule has 3 heterocycles. The monoisotopic (exact) mass is 397 g/mol. The molecule has 1 N–H and O–H groups in total. The Kier molecular flexibility index (Phi) is 4.60. The minimum Gasteiger partial charge on any atom is -0.395 e. The Balaban J connectivity index is 1.57. The first kappa shape index (κ1) is 17.8. The van der Waals surface area contributed by atoms with Gasteiger partial charge in [0.1, 0.15) is 11.6 Å². The topological polar surface area (TPSA) is 84.1 Å². The summed E-state index contributed by atoms with van der Waals surface area (Å²) in [6.07, 6.45) is 5.56. The van der Waals surface area contributed by atoms with Crippen LogP contribution in [0.4, 0.5) is 5.13 Å². The van der Waals surface area contributed by atoms with Crippen molar-refractivity contribution in [1.82, 2.24) is 18.9 Å². The van der Waals surface area contributed by atoms with Crippen molar-refractivity contribution < 1.29 is 5.11 Å². The molecule has 1 unspecified atom stereocenters. The molecular weight excluding hydrogens is 374 g/mol. The lowest BCUT2D eigenvalue weighted by Gasteiger charge is -2.26. The van der Waals surface area contributed by atoms with Crippen molar-refractivity contribution in [3.63, 3.8) is 0 Å². The lowest BCUT2D eigenvalue weighted by atomic mass is 9.85. The number of fused-ring (bicyclic) bond motifs is 1. The van der Waals surface area contributed by atoms with Crippen molar-refractivity contribution in [3.05, 3.63) is 46.3 Å². The van der Waals surface area contributed by atoms with Gasteiger partial charge in [0.25, 0.3) is 5.56 Å². The molecule has 0 radical (unpaired) electrons. The number of nitrogens with zero attached hydrogens (tertiary/aromatic N) is 5. The van der Waals surface area contributed by atoms with Crippen LogP contribution < -0.4 is 10.5 Å². The quantitative estimate of drug-likeness (QED) is 0.713. The molecule has 1 saturated heterocycles. The van der Waals surface area contributed by atoms with Gasteiger partial charge < -0.3 is 10.0 Å². The smallest absolute Gasteiger partial charge is 0.261 e. The molecule has 28 heavy (non-hydrogen) atoms. The lowest BCUT2D eigenvalue weighted by molar-refractivity contribution is 0.270. The highest BCUT2D eigenvalue weighted by Crippen LogP contribution is 2.40. The van der Waals surface area contributed by atoms with Crippen LogP contribution in [0.2, 0.25) is 0 Å². The van der Waals surface area contributed by atoms with Gasteiger partial charge in [0.2, 0.25) is 5.13 Å². The van der Waals surface area contributed by atoms with Crippen LogP contribution in [0.3, 0.4) is 0 Å². The van der Waals surface area contributed by atoms with E-state index in [1.165, 1.54) is 30.8 Å². The van der Waals surface area contributed by atoms with Crippen LogP contribution in [0.5, 0.6) is 0 Å². The van der Waals surface area contributed by atoms with Crippen LogP contribution in [0.15, 0.2) is 29.1 Å². The molecular formula is C20H23N5O2S. The van der Waals surface area contributed by atoms with Crippen LogP contribution in [0, 0.1) is 0 Å². The molecule has 2 aliphatic rings. The van der Waals surface area contributed by atoms with E-state index in [2.05, 4.69) is 9.27 Å². The van der Waals surface area contributed by atoms with Crippen molar-refractivity contribution >= 4 is 27.6 Å². The number of anilines is 1. The summed E-state index contributed by atoms with van der Waals surface area (Å²) >= 11 is 1.45. The van der Waals surface area contributed by atoms with E-state index in [0.717, 1.165) is 36.2 Å². The summed E-state index contributed by atoms with van der Waals surface area (Å²) in [5, 5.41) is 11.1. The average Bonchev–Trinajstić information content (AvgIpc) is 3.32. The Hall–Kier alpha value is -2.32. The van der Waals surface area contributed by atoms with E-state index in [1.807, 2.05) is 18.2 Å². The Bertz CT molecular complexity index is 1060. The molecule has 0 amide bonds. The number of aliphatic hydroxyl groups is 1. The molecule has 146 valence electrons. The fourth-order valence-corrected chi connectivity index (χ4v) is 5.02. The third kappa shape index (κ3) is 2.91. The van der Waals surface area contributed by atoms with E-state index in [1.54, 1.807) is 10.6 Å². The van der Waals surface area contributed by atoms with Gasteiger partial charge >= 0.3 is 0 Å². The summed E-state index contributed by atoms with van der Waals surface area (Å²) in [4.78, 5) is 25.0. The van der Waals surface area contributed by atoms with Gasteiger partial charge in [0.15, 0.2) is 0 Å². The molecule has 8 heteroatoms. The molecule has 0 bridgehead atoms. The molecule has 3 aromatic rings. The van der Waals surface area contributed by atoms with Gasteiger partial charge in [-0.15, -0.1) is 0 Å². The highest BCUT2D eigenvalue weighted by atomic mass is 32.1. The number of rotatable bonds is 5. The molecule has 1 saturated carbocycles. The van der Waals surface area contributed by atoms with Gasteiger partial charge in [0, 0.05) is 24.0 Å². The molecule has 1 aliphatic carbocycles. The van der Waals surface area contributed by atoms with E-state index >= 15 is 0 Å². The maximum Gasteiger partial charge on any atom is 0.261 e. The van der Waals surface area contributed by atoms with Gasteiger partial charge in [-0.25, -0.2) is 9.97 Å². The summed E-state index contributed by atoms with van der Waals surface area (Å²) in [5.74, 6) is 2.20. The van der Waals surface area contributed by atoms with Crippen molar-refractivity contribution in [2.75, 3.05) is 18.1 Å². The van der Waals surface area contributed by atoms with E-state index in [-0.39, 0.29) is 24.8 Å². The predicted molar refractivity (Wildman–Crippen MR) is 109 cm³/mol. The second-order valence-corrected chi connectivity index (χ2v) is 8.31. The highest BCUT2D eigenvalue weighted by Gasteiger charge is 2.33. The molecule has 7 nitrogen and oxygen atoms in total. The Morgan fingerprint density at radius 2 is 2.00 bits per heavy atom.